The van der Waals surface area contributed by atoms with Crippen LogP contribution in [0.25, 0.3) is 0 Å². The average molecular weight is 528 g/mol. The van der Waals surface area contributed by atoms with Gasteiger partial charge in [0.05, 0.1) is 0 Å². The van der Waals surface area contributed by atoms with E-state index in [1.54, 1.807) is 47.0 Å². The first-order chi connectivity index (χ1) is 13.0. The number of carbonyl (C=O) groups is 1. The zero-order chi connectivity index (χ0) is 21.3. The summed E-state index contributed by atoms with van der Waals surface area (Å²) in [5.41, 5.74) is 0.969. The third-order valence-corrected chi connectivity index (χ3v) is 3.55. The van der Waals surface area contributed by atoms with Gasteiger partial charge in [-0.2, -0.15) is 8.78 Å². The molecule has 1 rings (SSSR count). The number of hydrogen-bond acceptors (Lipinski definition) is 4. The quantitative estimate of drug-likeness (QED) is 0.321. The lowest BCUT2D eigenvalue weighted by Crippen LogP contribution is -2.42. The normalized spacial score (nSPS) is 11.6. The van der Waals surface area contributed by atoms with Crippen LogP contribution in [0.4, 0.5) is 13.6 Å². The van der Waals surface area contributed by atoms with Gasteiger partial charge in [-0.3, -0.25) is 4.99 Å². The molecule has 0 heterocycles. The maximum absolute atomic E-state index is 12.6. The standard InChI is InChI=1S/C19H30F2N4O3.HI/c1-13-7-8-15(27-16(20)21)14(11-13)12-24-17(22-5)23-9-10-25(6)18(26)28-19(2,3)4;/h7-8,11,16H,9-10,12H2,1-6H3,(H2,22,23,24);1H. The number of guanidine groups is 1. The topological polar surface area (TPSA) is 75.2 Å². The highest BCUT2D eigenvalue weighted by Crippen LogP contribution is 2.21. The van der Waals surface area contributed by atoms with E-state index in [1.807, 2.05) is 6.92 Å². The summed E-state index contributed by atoms with van der Waals surface area (Å²) in [6.07, 6.45) is -0.411. The third-order valence-electron chi connectivity index (χ3n) is 3.55. The monoisotopic (exact) mass is 528 g/mol. The van der Waals surface area contributed by atoms with Gasteiger partial charge in [0.2, 0.25) is 0 Å². The highest BCUT2D eigenvalue weighted by atomic mass is 127. The predicted octanol–water partition coefficient (Wildman–Crippen LogP) is 3.75. The Morgan fingerprint density at radius 2 is 1.93 bits per heavy atom. The van der Waals surface area contributed by atoms with E-state index in [1.165, 1.54) is 11.0 Å². The molecule has 1 aromatic rings. The summed E-state index contributed by atoms with van der Waals surface area (Å²) in [7, 11) is 3.24. The minimum Gasteiger partial charge on any atom is -0.444 e. The number of aryl methyl sites for hydroxylation is 1. The van der Waals surface area contributed by atoms with Crippen molar-refractivity contribution in [3.8, 4) is 5.75 Å². The zero-order valence-electron chi connectivity index (χ0n) is 17.7. The van der Waals surface area contributed by atoms with Gasteiger partial charge in [0.25, 0.3) is 0 Å². The summed E-state index contributed by atoms with van der Waals surface area (Å²) in [6, 6.07) is 5.00. The number of rotatable bonds is 7. The van der Waals surface area contributed by atoms with E-state index in [2.05, 4.69) is 20.4 Å². The molecular weight excluding hydrogens is 497 g/mol. The second-order valence-electron chi connectivity index (χ2n) is 7.24. The lowest BCUT2D eigenvalue weighted by atomic mass is 10.1. The molecule has 2 N–H and O–H groups in total. The van der Waals surface area contributed by atoms with Crippen LogP contribution in [0.2, 0.25) is 0 Å². The van der Waals surface area contributed by atoms with Gasteiger partial charge in [0.1, 0.15) is 11.4 Å². The van der Waals surface area contributed by atoms with E-state index < -0.39 is 18.3 Å². The van der Waals surface area contributed by atoms with E-state index >= 15 is 0 Å². The Balaban J connectivity index is 0.00000784. The van der Waals surface area contributed by atoms with Gasteiger partial charge in [-0.15, -0.1) is 24.0 Å². The van der Waals surface area contributed by atoms with Crippen molar-refractivity contribution in [3.63, 3.8) is 0 Å². The molecule has 0 atom stereocenters. The largest absolute Gasteiger partial charge is 0.444 e. The number of nitrogens with zero attached hydrogens (tertiary/aromatic N) is 2. The lowest BCUT2D eigenvalue weighted by molar-refractivity contribution is -0.0504. The number of nitrogens with one attached hydrogen (secondary N) is 2. The molecular formula is C19H31F2IN4O3. The number of benzene rings is 1. The van der Waals surface area contributed by atoms with Crippen LogP contribution in [0.1, 0.15) is 31.9 Å². The molecule has 0 aliphatic carbocycles. The fourth-order valence-corrected chi connectivity index (χ4v) is 2.23. The molecule has 10 heteroatoms. The molecule has 0 aromatic heterocycles. The summed E-state index contributed by atoms with van der Waals surface area (Å²) >= 11 is 0. The maximum Gasteiger partial charge on any atom is 0.410 e. The predicted molar refractivity (Wildman–Crippen MR) is 120 cm³/mol. The second-order valence-corrected chi connectivity index (χ2v) is 7.24. The van der Waals surface area contributed by atoms with Gasteiger partial charge < -0.3 is 25.0 Å². The first-order valence-electron chi connectivity index (χ1n) is 8.95. The van der Waals surface area contributed by atoms with E-state index in [9.17, 15) is 13.6 Å². The molecule has 0 bridgehead atoms. The van der Waals surface area contributed by atoms with Gasteiger partial charge in [-0.1, -0.05) is 17.7 Å². The lowest BCUT2D eigenvalue weighted by Gasteiger charge is -2.25. The smallest absolute Gasteiger partial charge is 0.410 e. The van der Waals surface area contributed by atoms with Crippen molar-refractivity contribution in [2.45, 2.75) is 46.5 Å². The highest BCUT2D eigenvalue weighted by molar-refractivity contribution is 14.0. The Hall–Kier alpha value is -1.85. The molecule has 0 radical (unpaired) electrons. The Bertz CT molecular complexity index is 682. The Morgan fingerprint density at radius 3 is 2.48 bits per heavy atom. The van der Waals surface area contributed by atoms with Gasteiger partial charge in [0.15, 0.2) is 5.96 Å². The van der Waals surface area contributed by atoms with Gasteiger partial charge >= 0.3 is 12.7 Å². The molecule has 0 saturated heterocycles. The van der Waals surface area contributed by atoms with Crippen LogP contribution in [0, 0.1) is 6.92 Å². The van der Waals surface area contributed by atoms with Gasteiger partial charge in [-0.25, -0.2) is 4.79 Å². The molecule has 0 unspecified atom stereocenters. The van der Waals surface area contributed by atoms with Crippen molar-refractivity contribution in [2.24, 2.45) is 4.99 Å². The number of amides is 1. The minimum atomic E-state index is -2.89. The van der Waals surface area contributed by atoms with Crippen LogP contribution in [0.3, 0.4) is 0 Å². The van der Waals surface area contributed by atoms with Crippen molar-refractivity contribution >= 4 is 36.0 Å². The van der Waals surface area contributed by atoms with Crippen LogP contribution in [0.5, 0.6) is 5.75 Å². The molecule has 1 aromatic carbocycles. The van der Waals surface area contributed by atoms with Gasteiger partial charge in [0, 0.05) is 39.3 Å². The Morgan fingerprint density at radius 1 is 1.28 bits per heavy atom. The molecule has 29 heavy (non-hydrogen) atoms. The van der Waals surface area contributed by atoms with Crippen molar-refractivity contribution in [2.75, 3.05) is 27.2 Å². The number of aliphatic imine (C=N–C) groups is 1. The fourth-order valence-electron chi connectivity index (χ4n) is 2.23. The summed E-state index contributed by atoms with van der Waals surface area (Å²) in [5, 5.41) is 6.11. The molecule has 1 amide bonds. The number of halogens is 3. The average Bonchev–Trinajstić information content (AvgIpc) is 2.57. The van der Waals surface area contributed by atoms with Crippen molar-refractivity contribution in [3.05, 3.63) is 29.3 Å². The zero-order valence-corrected chi connectivity index (χ0v) is 20.0. The SMILES string of the molecule is CN=C(NCCN(C)C(=O)OC(C)(C)C)NCc1cc(C)ccc1OC(F)F.I. The van der Waals surface area contributed by atoms with Gasteiger partial charge in [-0.05, 0) is 33.8 Å². The first-order valence-corrected chi connectivity index (χ1v) is 8.95. The van der Waals surface area contributed by atoms with Crippen molar-refractivity contribution in [1.29, 1.82) is 0 Å². The highest BCUT2D eigenvalue weighted by Gasteiger charge is 2.19. The van der Waals surface area contributed by atoms with Crippen LogP contribution in [-0.4, -0.2) is 56.4 Å². The van der Waals surface area contributed by atoms with E-state index in [0.717, 1.165) is 5.56 Å². The number of ether oxygens (including phenoxy) is 2. The van der Waals surface area contributed by atoms with E-state index in [-0.39, 0.29) is 36.3 Å². The summed E-state index contributed by atoms with van der Waals surface area (Å²) in [6.45, 7) is 5.49. The Labute approximate surface area is 188 Å². The van der Waals surface area contributed by atoms with Crippen molar-refractivity contribution < 1.29 is 23.0 Å². The fraction of sp³-hybridized carbons (Fsp3) is 0.579. The molecule has 0 aliphatic heterocycles. The first kappa shape index (κ1) is 27.2. The van der Waals surface area contributed by atoms with Crippen LogP contribution >= 0.6 is 24.0 Å². The molecule has 0 fully saturated rings. The Kier molecular flexibility index (Phi) is 11.8. The summed E-state index contributed by atoms with van der Waals surface area (Å²) in [4.78, 5) is 17.5. The molecule has 7 nitrogen and oxygen atoms in total. The number of likely N-dealkylation sites (N-methyl/N-ethyl adjacent to an activating group) is 1. The van der Waals surface area contributed by atoms with Crippen LogP contribution < -0.4 is 15.4 Å². The molecule has 0 spiro atoms. The molecule has 0 saturated carbocycles. The summed E-state index contributed by atoms with van der Waals surface area (Å²) < 4.78 is 34.9. The van der Waals surface area contributed by atoms with Crippen molar-refractivity contribution in [1.82, 2.24) is 15.5 Å². The number of alkyl halides is 2. The summed E-state index contributed by atoms with van der Waals surface area (Å²) in [5.74, 6) is 0.593. The molecule has 0 aliphatic rings. The number of carbonyl (C=O) groups excluding carboxylic acids is 1. The van der Waals surface area contributed by atoms with E-state index in [0.29, 0.717) is 24.6 Å². The second kappa shape index (κ2) is 12.7. The third kappa shape index (κ3) is 11.1. The number of hydrogen-bond donors (Lipinski definition) is 2. The minimum absolute atomic E-state index is 0. The van der Waals surface area contributed by atoms with E-state index in [4.69, 9.17) is 4.74 Å². The maximum atomic E-state index is 12.6. The van der Waals surface area contributed by atoms with Crippen LogP contribution in [0.15, 0.2) is 23.2 Å². The van der Waals surface area contributed by atoms with Crippen LogP contribution in [-0.2, 0) is 11.3 Å². The molecule has 166 valence electrons.